The molecule has 0 aliphatic carbocycles. The van der Waals surface area contributed by atoms with Crippen LogP contribution in [0.4, 0.5) is 0 Å². The quantitative estimate of drug-likeness (QED) is 0.289. The molecule has 2 aromatic carbocycles. The van der Waals surface area contributed by atoms with Gasteiger partial charge in [0, 0.05) is 22.1 Å². The third kappa shape index (κ3) is 5.65. The summed E-state index contributed by atoms with van der Waals surface area (Å²) >= 11 is 4.68. The van der Waals surface area contributed by atoms with Gasteiger partial charge >= 0.3 is 0 Å². The molecule has 1 N–H and O–H groups in total. The topological polar surface area (TPSA) is 76.9 Å². The van der Waals surface area contributed by atoms with E-state index in [4.69, 9.17) is 0 Å². The maximum absolute atomic E-state index is 12.4. The van der Waals surface area contributed by atoms with Crippen molar-refractivity contribution in [2.75, 3.05) is 5.75 Å². The molecule has 3 rings (SSSR count). The molecule has 3 aromatic rings. The zero-order chi connectivity index (χ0) is 20.6. The second kappa shape index (κ2) is 10.2. The second-order valence-corrected chi connectivity index (χ2v) is 7.92. The molecule has 0 aliphatic heterocycles. The summed E-state index contributed by atoms with van der Waals surface area (Å²) in [5.41, 5.74) is 1.22. The minimum Gasteiger partial charge on any atom is -0.345 e. The number of rotatable bonds is 9. The molecule has 1 amide bonds. The van der Waals surface area contributed by atoms with E-state index in [-0.39, 0.29) is 24.0 Å². The van der Waals surface area contributed by atoms with Crippen molar-refractivity contribution in [3.05, 3.63) is 88.7 Å². The molecule has 29 heavy (non-hydrogen) atoms. The molecule has 0 fully saturated rings. The zero-order valence-electron chi connectivity index (χ0n) is 15.5. The summed E-state index contributed by atoms with van der Waals surface area (Å²) in [6.07, 6.45) is 1.73. The fraction of sp³-hybridized carbons (Fsp3) is 0.143. The van der Waals surface area contributed by atoms with Crippen molar-refractivity contribution in [1.29, 1.82) is 0 Å². The first-order valence-electron chi connectivity index (χ1n) is 8.86. The van der Waals surface area contributed by atoms with Crippen molar-refractivity contribution in [3.8, 4) is 0 Å². The lowest BCUT2D eigenvalue weighted by Crippen LogP contribution is -2.24. The van der Waals surface area contributed by atoms with E-state index in [0.29, 0.717) is 28.7 Å². The van der Waals surface area contributed by atoms with Gasteiger partial charge in [-0.3, -0.25) is 9.59 Å². The molecule has 0 atom stereocenters. The summed E-state index contributed by atoms with van der Waals surface area (Å²) in [5, 5.41) is 11.8. The van der Waals surface area contributed by atoms with Crippen LogP contribution in [0.2, 0.25) is 0 Å². The van der Waals surface area contributed by atoms with Crippen LogP contribution in [-0.2, 0) is 13.1 Å². The Morgan fingerprint density at radius 2 is 1.79 bits per heavy atom. The highest BCUT2D eigenvalue weighted by Crippen LogP contribution is 2.20. The summed E-state index contributed by atoms with van der Waals surface area (Å²) in [6, 6.07) is 16.2. The number of nitrogens with zero attached hydrogens (tertiary/aromatic N) is 3. The van der Waals surface area contributed by atoms with Crippen molar-refractivity contribution >= 4 is 39.4 Å². The van der Waals surface area contributed by atoms with Crippen molar-refractivity contribution in [2.24, 2.45) is 0 Å². The molecule has 148 valence electrons. The molecule has 0 unspecified atom stereocenters. The fourth-order valence-electron chi connectivity index (χ4n) is 2.57. The van der Waals surface area contributed by atoms with E-state index in [1.807, 2.05) is 34.9 Å². The molecule has 1 aromatic heterocycles. The summed E-state index contributed by atoms with van der Waals surface area (Å²) < 4.78 is 2.77. The average Bonchev–Trinajstić information content (AvgIpc) is 3.13. The summed E-state index contributed by atoms with van der Waals surface area (Å²) in [4.78, 5) is 24.7. The Bertz CT molecular complexity index is 1000. The number of hydrogen-bond acceptors (Lipinski definition) is 5. The standard InChI is InChI=1S/C21H19BrN4O2S/c1-2-12-26-19(13-23-20(28)16-6-4-3-5-7-16)24-25-21(26)29-14-18(27)15-8-10-17(22)11-9-15/h2-11H,1,12-14H2,(H,23,28). The third-order valence-electron chi connectivity index (χ3n) is 4.05. The number of allylic oxidation sites excluding steroid dienone is 1. The Hall–Kier alpha value is -2.71. The van der Waals surface area contributed by atoms with Crippen molar-refractivity contribution in [2.45, 2.75) is 18.2 Å². The van der Waals surface area contributed by atoms with Crippen LogP contribution in [0.5, 0.6) is 0 Å². The Morgan fingerprint density at radius 3 is 2.48 bits per heavy atom. The number of aromatic nitrogens is 3. The number of benzene rings is 2. The van der Waals surface area contributed by atoms with E-state index in [1.165, 1.54) is 11.8 Å². The first-order chi connectivity index (χ1) is 14.1. The highest BCUT2D eigenvalue weighted by atomic mass is 79.9. The van der Waals surface area contributed by atoms with Gasteiger partial charge in [0.25, 0.3) is 5.91 Å². The Morgan fingerprint density at radius 1 is 1.07 bits per heavy atom. The Balaban J connectivity index is 1.64. The van der Waals surface area contributed by atoms with Crippen LogP contribution in [0, 0.1) is 0 Å². The van der Waals surface area contributed by atoms with Gasteiger partial charge in [-0.15, -0.1) is 16.8 Å². The molecule has 0 saturated heterocycles. The second-order valence-electron chi connectivity index (χ2n) is 6.07. The number of nitrogens with one attached hydrogen (secondary N) is 1. The van der Waals surface area contributed by atoms with Crippen LogP contribution in [0.1, 0.15) is 26.5 Å². The highest BCUT2D eigenvalue weighted by Gasteiger charge is 2.15. The van der Waals surface area contributed by atoms with E-state index in [0.717, 1.165) is 4.47 Å². The van der Waals surface area contributed by atoms with Crippen LogP contribution < -0.4 is 5.32 Å². The first kappa shape index (κ1) is 21.0. The molecule has 1 heterocycles. The van der Waals surface area contributed by atoms with Crippen molar-refractivity contribution < 1.29 is 9.59 Å². The molecular weight excluding hydrogens is 452 g/mol. The maximum Gasteiger partial charge on any atom is 0.251 e. The number of Topliss-reactive ketones (excluding diaryl/α,β-unsaturated/α-hetero) is 1. The van der Waals surface area contributed by atoms with Gasteiger partial charge in [-0.1, -0.05) is 64.1 Å². The van der Waals surface area contributed by atoms with E-state index in [2.05, 4.69) is 38.0 Å². The third-order valence-corrected chi connectivity index (χ3v) is 5.54. The number of carbonyl (C=O) groups is 2. The lowest BCUT2D eigenvalue weighted by atomic mass is 10.2. The Kier molecular flexibility index (Phi) is 7.37. The van der Waals surface area contributed by atoms with E-state index in [9.17, 15) is 9.59 Å². The molecule has 0 saturated carbocycles. The summed E-state index contributed by atoms with van der Waals surface area (Å²) in [5.74, 6) is 0.675. The molecule has 8 heteroatoms. The van der Waals surface area contributed by atoms with Gasteiger partial charge in [-0.05, 0) is 24.3 Å². The molecule has 0 bridgehead atoms. The normalized spacial score (nSPS) is 10.5. The van der Waals surface area contributed by atoms with Crippen LogP contribution >= 0.6 is 27.7 Å². The van der Waals surface area contributed by atoms with Crippen LogP contribution in [0.25, 0.3) is 0 Å². The number of hydrogen-bond donors (Lipinski definition) is 1. The van der Waals surface area contributed by atoms with Crippen molar-refractivity contribution in [1.82, 2.24) is 20.1 Å². The minimum absolute atomic E-state index is 0.00887. The van der Waals surface area contributed by atoms with E-state index < -0.39 is 0 Å². The van der Waals surface area contributed by atoms with E-state index in [1.54, 1.807) is 30.3 Å². The summed E-state index contributed by atoms with van der Waals surface area (Å²) in [7, 11) is 0. The van der Waals surface area contributed by atoms with Gasteiger partial charge < -0.3 is 9.88 Å². The van der Waals surface area contributed by atoms with E-state index >= 15 is 0 Å². The van der Waals surface area contributed by atoms with Crippen LogP contribution in [0.3, 0.4) is 0 Å². The lowest BCUT2D eigenvalue weighted by Gasteiger charge is -2.09. The highest BCUT2D eigenvalue weighted by molar-refractivity contribution is 9.10. The van der Waals surface area contributed by atoms with Crippen LogP contribution in [0.15, 0.2) is 76.9 Å². The number of ketones is 1. The zero-order valence-corrected chi connectivity index (χ0v) is 17.9. The van der Waals surface area contributed by atoms with Gasteiger partial charge in [0.2, 0.25) is 0 Å². The Labute approximate surface area is 181 Å². The monoisotopic (exact) mass is 470 g/mol. The van der Waals surface area contributed by atoms with Crippen LogP contribution in [-0.4, -0.2) is 32.2 Å². The average molecular weight is 471 g/mol. The van der Waals surface area contributed by atoms with Gasteiger partial charge in [-0.2, -0.15) is 0 Å². The first-order valence-corrected chi connectivity index (χ1v) is 10.6. The summed E-state index contributed by atoms with van der Waals surface area (Å²) in [6.45, 7) is 4.48. The maximum atomic E-state index is 12.4. The van der Waals surface area contributed by atoms with Gasteiger partial charge in [0.05, 0.1) is 12.3 Å². The predicted octanol–water partition coefficient (Wildman–Crippen LogP) is 4.13. The predicted molar refractivity (Wildman–Crippen MR) is 117 cm³/mol. The minimum atomic E-state index is -0.182. The number of thioether (sulfide) groups is 1. The number of amides is 1. The molecule has 0 aliphatic rings. The molecule has 0 radical (unpaired) electrons. The number of carbonyl (C=O) groups excluding carboxylic acids is 2. The molecular formula is C21H19BrN4O2S. The van der Waals surface area contributed by atoms with Crippen molar-refractivity contribution in [3.63, 3.8) is 0 Å². The molecule has 0 spiro atoms. The van der Waals surface area contributed by atoms with Gasteiger partial charge in [0.1, 0.15) is 0 Å². The smallest absolute Gasteiger partial charge is 0.251 e. The van der Waals surface area contributed by atoms with Gasteiger partial charge in [0.15, 0.2) is 16.8 Å². The lowest BCUT2D eigenvalue weighted by molar-refractivity contribution is 0.0948. The largest absolute Gasteiger partial charge is 0.345 e. The molecule has 6 nitrogen and oxygen atoms in total. The SMILES string of the molecule is C=CCn1c(CNC(=O)c2ccccc2)nnc1SCC(=O)c1ccc(Br)cc1. The fourth-order valence-corrected chi connectivity index (χ4v) is 3.69. The van der Waals surface area contributed by atoms with Gasteiger partial charge in [-0.25, -0.2) is 0 Å². The number of halogens is 1.